The quantitative estimate of drug-likeness (QED) is 0.591. The van der Waals surface area contributed by atoms with Crippen LogP contribution in [0.4, 0.5) is 0 Å². The summed E-state index contributed by atoms with van der Waals surface area (Å²) in [7, 11) is 0. The minimum atomic E-state index is -0.0833. The van der Waals surface area contributed by atoms with E-state index in [-0.39, 0.29) is 17.8 Å². The van der Waals surface area contributed by atoms with Crippen LogP contribution in [0, 0.1) is 5.92 Å². The van der Waals surface area contributed by atoms with E-state index in [0.717, 1.165) is 6.42 Å². The summed E-state index contributed by atoms with van der Waals surface area (Å²) < 4.78 is 0.667. The van der Waals surface area contributed by atoms with Crippen molar-refractivity contribution < 1.29 is 9.63 Å². The topological polar surface area (TPSA) is 38.7 Å². The molecule has 2 rings (SSSR count). The molecule has 2 atom stereocenters. The highest BCUT2D eigenvalue weighted by molar-refractivity contribution is 9.18. The van der Waals surface area contributed by atoms with Crippen LogP contribution in [-0.2, 0) is 9.63 Å². The summed E-state index contributed by atoms with van der Waals surface area (Å²) >= 11 is 3.19. The molecule has 1 aliphatic heterocycles. The lowest BCUT2D eigenvalue weighted by Crippen LogP contribution is -2.19. The number of hydrogen-bond donors (Lipinski definition) is 0. The number of hydrogen-bond acceptors (Lipinski definition) is 3. The standard InChI is InChI=1S/C6H6BrNO2/c7-6-5-3(9)1-2-4(5)10-8-6/h4-5H,1-2H2/t4-,5+/m0/s1. The van der Waals surface area contributed by atoms with Gasteiger partial charge >= 0.3 is 0 Å². The van der Waals surface area contributed by atoms with E-state index in [9.17, 15) is 4.79 Å². The first kappa shape index (κ1) is 6.34. The predicted molar refractivity (Wildman–Crippen MR) is 39.0 cm³/mol. The molecule has 1 heterocycles. The summed E-state index contributed by atoms with van der Waals surface area (Å²) in [5, 5.41) is 3.68. The van der Waals surface area contributed by atoms with Gasteiger partial charge in [0, 0.05) is 6.42 Å². The van der Waals surface area contributed by atoms with Crippen LogP contribution in [0.25, 0.3) is 0 Å². The summed E-state index contributed by atoms with van der Waals surface area (Å²) in [6, 6.07) is 0. The van der Waals surface area contributed by atoms with E-state index in [1.165, 1.54) is 0 Å². The molecule has 0 spiro atoms. The molecule has 3 nitrogen and oxygen atoms in total. The highest BCUT2D eigenvalue weighted by atomic mass is 79.9. The normalized spacial score (nSPS) is 37.3. The van der Waals surface area contributed by atoms with E-state index >= 15 is 0 Å². The molecule has 54 valence electrons. The van der Waals surface area contributed by atoms with E-state index in [1.807, 2.05) is 0 Å². The minimum Gasteiger partial charge on any atom is -0.391 e. The van der Waals surface area contributed by atoms with Gasteiger partial charge in [-0.15, -0.1) is 0 Å². The van der Waals surface area contributed by atoms with Gasteiger partial charge in [0.1, 0.15) is 22.4 Å². The van der Waals surface area contributed by atoms with Gasteiger partial charge in [0.2, 0.25) is 0 Å². The average Bonchev–Trinajstić information content (AvgIpc) is 2.40. The van der Waals surface area contributed by atoms with Gasteiger partial charge in [-0.25, -0.2) is 0 Å². The van der Waals surface area contributed by atoms with Crippen LogP contribution in [0.5, 0.6) is 0 Å². The SMILES string of the molecule is O=C1CC[C@@H]2ON=C(Br)[C@H]12. The summed E-state index contributed by atoms with van der Waals surface area (Å²) in [4.78, 5) is 16.1. The van der Waals surface area contributed by atoms with Gasteiger partial charge in [-0.3, -0.25) is 4.79 Å². The number of fused-ring (bicyclic) bond motifs is 1. The van der Waals surface area contributed by atoms with Crippen LogP contribution in [0.1, 0.15) is 12.8 Å². The highest BCUT2D eigenvalue weighted by Crippen LogP contribution is 2.33. The first-order valence-corrected chi connectivity index (χ1v) is 4.00. The molecule has 0 aromatic rings. The van der Waals surface area contributed by atoms with Crippen molar-refractivity contribution in [2.75, 3.05) is 0 Å². The lowest BCUT2D eigenvalue weighted by Gasteiger charge is -2.02. The summed E-state index contributed by atoms with van der Waals surface area (Å²) in [5.41, 5.74) is 0. The van der Waals surface area contributed by atoms with Crippen molar-refractivity contribution in [3.63, 3.8) is 0 Å². The third kappa shape index (κ3) is 0.714. The van der Waals surface area contributed by atoms with E-state index < -0.39 is 0 Å². The van der Waals surface area contributed by atoms with Crippen LogP contribution in [0.3, 0.4) is 0 Å². The van der Waals surface area contributed by atoms with E-state index in [2.05, 4.69) is 21.1 Å². The lowest BCUT2D eigenvalue weighted by atomic mass is 10.1. The molecule has 0 aromatic carbocycles. The van der Waals surface area contributed by atoms with Crippen molar-refractivity contribution in [3.8, 4) is 0 Å². The Balaban J connectivity index is 2.27. The fourth-order valence-electron chi connectivity index (χ4n) is 1.39. The molecule has 1 aliphatic carbocycles. The maximum atomic E-state index is 11.1. The van der Waals surface area contributed by atoms with Crippen molar-refractivity contribution >= 4 is 26.3 Å². The Hall–Kier alpha value is -0.380. The molecule has 1 fully saturated rings. The number of nitrogens with zero attached hydrogens (tertiary/aromatic N) is 1. The molecule has 0 amide bonds. The number of halogens is 1. The fraction of sp³-hybridized carbons (Fsp3) is 0.667. The van der Waals surface area contributed by atoms with Crippen LogP contribution in [0.15, 0.2) is 5.16 Å². The lowest BCUT2D eigenvalue weighted by molar-refractivity contribution is -0.119. The van der Waals surface area contributed by atoms with Gasteiger partial charge in [0.05, 0.1) is 0 Å². The maximum absolute atomic E-state index is 11.1. The van der Waals surface area contributed by atoms with E-state index in [4.69, 9.17) is 4.84 Å². The molecule has 0 unspecified atom stereocenters. The third-order valence-electron chi connectivity index (χ3n) is 1.93. The Morgan fingerprint density at radius 1 is 1.70 bits per heavy atom. The Morgan fingerprint density at radius 3 is 3.20 bits per heavy atom. The van der Waals surface area contributed by atoms with E-state index in [1.54, 1.807) is 0 Å². The van der Waals surface area contributed by atoms with Gasteiger partial charge < -0.3 is 4.84 Å². The van der Waals surface area contributed by atoms with Crippen molar-refractivity contribution in [1.82, 2.24) is 0 Å². The zero-order valence-corrected chi connectivity index (χ0v) is 6.80. The first-order chi connectivity index (χ1) is 4.79. The number of rotatable bonds is 0. The van der Waals surface area contributed by atoms with Crippen LogP contribution in [-0.4, -0.2) is 16.5 Å². The zero-order valence-electron chi connectivity index (χ0n) is 5.21. The molecule has 2 aliphatic rings. The fourth-order valence-corrected chi connectivity index (χ4v) is 2.02. The van der Waals surface area contributed by atoms with Crippen molar-refractivity contribution in [3.05, 3.63) is 0 Å². The second-order valence-corrected chi connectivity index (χ2v) is 3.35. The smallest absolute Gasteiger partial charge is 0.146 e. The maximum Gasteiger partial charge on any atom is 0.146 e. The van der Waals surface area contributed by atoms with Gasteiger partial charge in [0.25, 0.3) is 0 Å². The van der Waals surface area contributed by atoms with Crippen LogP contribution < -0.4 is 0 Å². The number of carbonyl (C=O) groups is 1. The number of Topliss-reactive ketones (excluding diaryl/α,β-unsaturated/α-hetero) is 1. The largest absolute Gasteiger partial charge is 0.391 e. The Kier molecular flexibility index (Phi) is 1.30. The summed E-state index contributed by atoms with van der Waals surface area (Å²) in [5.74, 6) is 0.165. The molecule has 0 radical (unpaired) electrons. The summed E-state index contributed by atoms with van der Waals surface area (Å²) in [6.07, 6.45) is 1.49. The number of oxime groups is 1. The van der Waals surface area contributed by atoms with Crippen LogP contribution in [0.2, 0.25) is 0 Å². The Bertz CT molecular complexity index is 214. The number of carbonyl (C=O) groups excluding carboxylic acids is 1. The molecule has 0 bridgehead atoms. The average molecular weight is 204 g/mol. The number of ketones is 1. The molecule has 4 heteroatoms. The van der Waals surface area contributed by atoms with Gasteiger partial charge in [-0.2, -0.15) is 0 Å². The zero-order chi connectivity index (χ0) is 7.14. The second kappa shape index (κ2) is 2.05. The monoisotopic (exact) mass is 203 g/mol. The van der Waals surface area contributed by atoms with Crippen molar-refractivity contribution in [2.24, 2.45) is 11.1 Å². The molecular weight excluding hydrogens is 198 g/mol. The van der Waals surface area contributed by atoms with Gasteiger partial charge in [-0.1, -0.05) is 5.16 Å². The minimum absolute atomic E-state index is 0.0295. The van der Waals surface area contributed by atoms with Gasteiger partial charge in [-0.05, 0) is 22.4 Å². The Morgan fingerprint density at radius 2 is 2.50 bits per heavy atom. The molecule has 0 saturated heterocycles. The van der Waals surface area contributed by atoms with Crippen molar-refractivity contribution in [2.45, 2.75) is 18.9 Å². The molecule has 0 aromatic heterocycles. The highest BCUT2D eigenvalue weighted by Gasteiger charge is 2.43. The first-order valence-electron chi connectivity index (χ1n) is 3.21. The third-order valence-corrected chi connectivity index (χ3v) is 2.56. The molecule has 10 heavy (non-hydrogen) atoms. The van der Waals surface area contributed by atoms with E-state index in [0.29, 0.717) is 11.0 Å². The van der Waals surface area contributed by atoms with Gasteiger partial charge in [0.15, 0.2) is 0 Å². The molecule has 0 N–H and O–H groups in total. The van der Waals surface area contributed by atoms with Crippen LogP contribution >= 0.6 is 15.9 Å². The Labute approximate surface area is 66.5 Å². The summed E-state index contributed by atoms with van der Waals surface area (Å²) in [6.45, 7) is 0. The second-order valence-electron chi connectivity index (χ2n) is 2.54. The molecular formula is C6H6BrNO2. The van der Waals surface area contributed by atoms with Crippen molar-refractivity contribution in [1.29, 1.82) is 0 Å². The molecule has 1 saturated carbocycles. The predicted octanol–water partition coefficient (Wildman–Crippen LogP) is 1.07.